The first-order valence-electron chi connectivity index (χ1n) is 6.58. The maximum absolute atomic E-state index is 14.2. The molecule has 0 bridgehead atoms. The van der Waals surface area contributed by atoms with Crippen molar-refractivity contribution >= 4 is 15.9 Å². The normalized spacial score (nSPS) is 15.0. The predicted octanol–water partition coefficient (Wildman–Crippen LogP) is 1.63. The van der Waals surface area contributed by atoms with Crippen LogP contribution < -0.4 is 5.14 Å². The molecule has 1 aromatic rings. The molecule has 8 heteroatoms. The zero-order valence-electron chi connectivity index (χ0n) is 11.5. The van der Waals surface area contributed by atoms with Gasteiger partial charge in [-0.1, -0.05) is 6.92 Å². The van der Waals surface area contributed by atoms with E-state index >= 15 is 0 Å². The smallest absolute Gasteiger partial charge is 0.257 e. The zero-order valence-corrected chi connectivity index (χ0v) is 12.3. The number of halogens is 2. The lowest BCUT2D eigenvalue weighted by molar-refractivity contribution is 0.0737. The fourth-order valence-corrected chi connectivity index (χ4v) is 2.80. The van der Waals surface area contributed by atoms with Crippen LogP contribution in [0.15, 0.2) is 17.0 Å². The van der Waals surface area contributed by atoms with Gasteiger partial charge < -0.3 is 4.90 Å². The summed E-state index contributed by atoms with van der Waals surface area (Å²) in [6.45, 7) is 2.27. The number of sulfonamides is 1. The number of nitrogens with zero attached hydrogens (tertiary/aromatic N) is 1. The molecule has 1 aliphatic carbocycles. The molecule has 21 heavy (non-hydrogen) atoms. The Hall–Kier alpha value is -1.54. The first-order valence-corrected chi connectivity index (χ1v) is 8.13. The van der Waals surface area contributed by atoms with Crippen LogP contribution in [0, 0.1) is 11.6 Å². The highest BCUT2D eigenvalue weighted by Crippen LogP contribution is 2.30. The van der Waals surface area contributed by atoms with Gasteiger partial charge in [-0.05, 0) is 31.4 Å². The largest absolute Gasteiger partial charge is 0.336 e. The van der Waals surface area contributed by atoms with E-state index in [1.165, 1.54) is 4.90 Å². The molecule has 0 radical (unpaired) electrons. The first-order chi connectivity index (χ1) is 9.75. The number of rotatable bonds is 5. The van der Waals surface area contributed by atoms with E-state index < -0.39 is 38.0 Å². The van der Waals surface area contributed by atoms with Crippen molar-refractivity contribution in [3.05, 3.63) is 29.3 Å². The van der Waals surface area contributed by atoms with E-state index in [0.29, 0.717) is 25.1 Å². The van der Waals surface area contributed by atoms with E-state index in [4.69, 9.17) is 5.14 Å². The van der Waals surface area contributed by atoms with Gasteiger partial charge in [0.25, 0.3) is 5.91 Å². The van der Waals surface area contributed by atoms with Gasteiger partial charge in [0, 0.05) is 12.6 Å². The summed E-state index contributed by atoms with van der Waals surface area (Å²) in [5.41, 5.74) is -0.598. The van der Waals surface area contributed by atoms with E-state index in [2.05, 4.69) is 0 Å². The Morgan fingerprint density at radius 1 is 1.38 bits per heavy atom. The topological polar surface area (TPSA) is 80.5 Å². The Balaban J connectivity index is 2.48. The van der Waals surface area contributed by atoms with Gasteiger partial charge in [-0.2, -0.15) is 0 Å². The number of carbonyl (C=O) groups is 1. The van der Waals surface area contributed by atoms with E-state index in [-0.39, 0.29) is 6.04 Å². The highest BCUT2D eigenvalue weighted by atomic mass is 32.2. The average Bonchev–Trinajstić information content (AvgIpc) is 3.20. The lowest BCUT2D eigenvalue weighted by Crippen LogP contribution is -2.34. The van der Waals surface area contributed by atoms with E-state index in [1.54, 1.807) is 0 Å². The molecule has 0 spiro atoms. The minimum Gasteiger partial charge on any atom is -0.336 e. The molecule has 1 aliphatic rings. The van der Waals surface area contributed by atoms with Gasteiger partial charge in [-0.25, -0.2) is 22.3 Å². The minimum absolute atomic E-state index is 0.0121. The molecule has 1 amide bonds. The van der Waals surface area contributed by atoms with Crippen LogP contribution in [-0.2, 0) is 10.0 Å². The third-order valence-corrected chi connectivity index (χ3v) is 4.16. The van der Waals surface area contributed by atoms with Gasteiger partial charge in [0.2, 0.25) is 10.0 Å². The Bertz CT molecular complexity index is 672. The number of hydrogen-bond acceptors (Lipinski definition) is 3. The van der Waals surface area contributed by atoms with Crippen LogP contribution in [-0.4, -0.2) is 31.8 Å². The maximum Gasteiger partial charge on any atom is 0.257 e. The molecule has 0 atom stereocenters. The second-order valence-electron chi connectivity index (χ2n) is 5.04. The second-order valence-corrected chi connectivity index (χ2v) is 6.57. The van der Waals surface area contributed by atoms with Crippen molar-refractivity contribution in [2.75, 3.05) is 6.54 Å². The molecule has 0 aliphatic heterocycles. The van der Waals surface area contributed by atoms with Crippen molar-refractivity contribution in [3.63, 3.8) is 0 Å². The van der Waals surface area contributed by atoms with Crippen molar-refractivity contribution in [2.24, 2.45) is 5.14 Å². The van der Waals surface area contributed by atoms with Gasteiger partial charge in [0.1, 0.15) is 10.7 Å². The van der Waals surface area contributed by atoms with Crippen LogP contribution >= 0.6 is 0 Å². The summed E-state index contributed by atoms with van der Waals surface area (Å²) in [6.07, 6.45) is 2.29. The quantitative estimate of drug-likeness (QED) is 0.896. The van der Waals surface area contributed by atoms with Crippen molar-refractivity contribution in [3.8, 4) is 0 Å². The van der Waals surface area contributed by atoms with E-state index in [0.717, 1.165) is 12.8 Å². The van der Waals surface area contributed by atoms with Crippen LogP contribution in [0.25, 0.3) is 0 Å². The Morgan fingerprint density at radius 3 is 2.48 bits per heavy atom. The van der Waals surface area contributed by atoms with Crippen LogP contribution in [0.5, 0.6) is 0 Å². The number of carbonyl (C=O) groups excluding carboxylic acids is 1. The number of nitrogens with two attached hydrogens (primary N) is 1. The molecule has 2 N–H and O–H groups in total. The summed E-state index contributed by atoms with van der Waals surface area (Å²) in [5.74, 6) is -3.03. The molecule has 0 heterocycles. The summed E-state index contributed by atoms with van der Waals surface area (Å²) < 4.78 is 50.3. The fraction of sp³-hybridized carbons (Fsp3) is 0.462. The molecule has 1 fully saturated rings. The monoisotopic (exact) mass is 318 g/mol. The molecular formula is C13H16F2N2O3S. The standard InChI is InChI=1S/C13H16F2N2O3S/c1-2-5-17(9-3-4-9)13(18)10-6-8(14)7-11(12(10)15)21(16,19)20/h6-7,9H,2-5H2,1H3,(H2,16,19,20). The number of hydrogen-bond donors (Lipinski definition) is 1. The van der Waals surface area contributed by atoms with Crippen molar-refractivity contribution in [1.29, 1.82) is 0 Å². The Kier molecular flexibility index (Phi) is 4.29. The van der Waals surface area contributed by atoms with E-state index in [9.17, 15) is 22.0 Å². The highest BCUT2D eigenvalue weighted by molar-refractivity contribution is 7.89. The number of primary sulfonamides is 1. The van der Waals surface area contributed by atoms with Crippen LogP contribution in [0.1, 0.15) is 36.5 Å². The molecule has 0 unspecified atom stereocenters. The lowest BCUT2D eigenvalue weighted by atomic mass is 10.1. The molecule has 1 saturated carbocycles. The molecule has 0 aromatic heterocycles. The van der Waals surface area contributed by atoms with Crippen molar-refractivity contribution in [2.45, 2.75) is 37.1 Å². The SMILES string of the molecule is CCCN(C(=O)c1cc(F)cc(S(N)(=O)=O)c1F)C1CC1. The van der Waals surface area contributed by atoms with Gasteiger partial charge in [-0.15, -0.1) is 0 Å². The maximum atomic E-state index is 14.2. The summed E-state index contributed by atoms with van der Waals surface area (Å²) in [4.78, 5) is 12.8. The molecule has 0 saturated heterocycles. The van der Waals surface area contributed by atoms with Crippen LogP contribution in [0.3, 0.4) is 0 Å². The Morgan fingerprint density at radius 2 is 2.00 bits per heavy atom. The predicted molar refractivity (Wildman–Crippen MR) is 72.1 cm³/mol. The first kappa shape index (κ1) is 15.8. The van der Waals surface area contributed by atoms with Crippen LogP contribution in [0.4, 0.5) is 8.78 Å². The Labute approximate surface area is 121 Å². The third-order valence-electron chi connectivity index (χ3n) is 3.25. The van der Waals surface area contributed by atoms with Gasteiger partial charge in [0.15, 0.2) is 5.82 Å². The fourth-order valence-electron chi connectivity index (χ4n) is 2.16. The number of amides is 1. The summed E-state index contributed by atoms with van der Waals surface area (Å²) in [7, 11) is -4.44. The average molecular weight is 318 g/mol. The number of benzene rings is 1. The third kappa shape index (κ3) is 3.38. The van der Waals surface area contributed by atoms with Crippen LogP contribution in [0.2, 0.25) is 0 Å². The molecule has 1 aromatic carbocycles. The lowest BCUT2D eigenvalue weighted by Gasteiger charge is -2.22. The van der Waals surface area contributed by atoms with Gasteiger partial charge >= 0.3 is 0 Å². The highest BCUT2D eigenvalue weighted by Gasteiger charge is 2.34. The summed E-state index contributed by atoms with van der Waals surface area (Å²) in [5, 5.41) is 4.84. The zero-order chi connectivity index (χ0) is 15.8. The summed E-state index contributed by atoms with van der Waals surface area (Å²) >= 11 is 0. The molecular weight excluding hydrogens is 302 g/mol. The van der Waals surface area contributed by atoms with E-state index in [1.807, 2.05) is 6.92 Å². The van der Waals surface area contributed by atoms with Crippen molar-refractivity contribution < 1.29 is 22.0 Å². The molecule has 2 rings (SSSR count). The molecule has 116 valence electrons. The van der Waals surface area contributed by atoms with Crippen molar-refractivity contribution in [1.82, 2.24) is 4.90 Å². The second kappa shape index (κ2) is 5.69. The summed E-state index contributed by atoms with van der Waals surface area (Å²) in [6, 6.07) is 1.19. The molecule has 5 nitrogen and oxygen atoms in total. The minimum atomic E-state index is -4.44. The van der Waals surface area contributed by atoms with Gasteiger partial charge in [-0.3, -0.25) is 4.79 Å². The van der Waals surface area contributed by atoms with Gasteiger partial charge in [0.05, 0.1) is 5.56 Å².